The molecule has 116 valence electrons. The van der Waals surface area contributed by atoms with Crippen molar-refractivity contribution >= 4 is 5.69 Å². The van der Waals surface area contributed by atoms with Gasteiger partial charge in [-0.2, -0.15) is 0 Å². The summed E-state index contributed by atoms with van der Waals surface area (Å²) in [4.78, 5) is 10.8. The second kappa shape index (κ2) is 7.00. The third-order valence-electron chi connectivity index (χ3n) is 4.46. The molecule has 5 nitrogen and oxygen atoms in total. The van der Waals surface area contributed by atoms with Crippen LogP contribution in [0.25, 0.3) is 0 Å². The molecule has 1 aliphatic carbocycles. The number of likely N-dealkylation sites (N-methyl/N-ethyl adjacent to an activating group) is 1. The Morgan fingerprint density at radius 3 is 2.67 bits per heavy atom. The van der Waals surface area contributed by atoms with Crippen LogP contribution in [0.5, 0.6) is 0 Å². The van der Waals surface area contributed by atoms with E-state index in [0.717, 1.165) is 31.4 Å². The number of benzene rings is 1. The molecule has 1 fully saturated rings. The van der Waals surface area contributed by atoms with Crippen LogP contribution in [0.1, 0.15) is 38.2 Å². The zero-order valence-corrected chi connectivity index (χ0v) is 12.8. The summed E-state index contributed by atoms with van der Waals surface area (Å²) in [5, 5.41) is 14.6. The van der Waals surface area contributed by atoms with Crippen molar-refractivity contribution in [1.82, 2.24) is 5.32 Å². The Bertz CT molecular complexity index is 481. The molecule has 1 aliphatic rings. The molecule has 0 heterocycles. The Morgan fingerprint density at radius 2 is 2.14 bits per heavy atom. The van der Waals surface area contributed by atoms with Gasteiger partial charge in [0, 0.05) is 24.8 Å². The van der Waals surface area contributed by atoms with Crippen LogP contribution in [0.15, 0.2) is 24.3 Å². The average Bonchev–Trinajstić information content (AvgIpc) is 2.43. The van der Waals surface area contributed by atoms with Gasteiger partial charge in [0.15, 0.2) is 0 Å². The number of ether oxygens (including phenoxy) is 1. The van der Waals surface area contributed by atoms with Crippen molar-refractivity contribution in [2.45, 2.75) is 50.7 Å². The Hall–Kier alpha value is -1.46. The molecule has 5 heteroatoms. The van der Waals surface area contributed by atoms with Crippen LogP contribution in [0.2, 0.25) is 0 Å². The van der Waals surface area contributed by atoms with Gasteiger partial charge in [0.05, 0.1) is 10.5 Å². The molecule has 1 aromatic carbocycles. The summed E-state index contributed by atoms with van der Waals surface area (Å²) in [6, 6.07) is 7.21. The van der Waals surface area contributed by atoms with Gasteiger partial charge in [0.1, 0.15) is 0 Å². The number of nitrogens with zero attached hydrogens (tertiary/aromatic N) is 1. The monoisotopic (exact) mass is 292 g/mol. The van der Waals surface area contributed by atoms with Gasteiger partial charge in [0.25, 0.3) is 5.69 Å². The first-order valence-electron chi connectivity index (χ1n) is 7.61. The van der Waals surface area contributed by atoms with Gasteiger partial charge in [-0.15, -0.1) is 0 Å². The lowest BCUT2D eigenvalue weighted by Crippen LogP contribution is -2.46. The predicted octanol–water partition coefficient (Wildman–Crippen LogP) is 3.07. The number of hydrogen-bond donors (Lipinski definition) is 1. The van der Waals surface area contributed by atoms with E-state index in [9.17, 15) is 10.1 Å². The number of nitro groups is 1. The summed E-state index contributed by atoms with van der Waals surface area (Å²) in [6.45, 7) is 2.91. The maximum absolute atomic E-state index is 11.1. The summed E-state index contributed by atoms with van der Waals surface area (Å²) in [5.41, 5.74) is 0.968. The van der Waals surface area contributed by atoms with Crippen molar-refractivity contribution in [2.24, 2.45) is 0 Å². The van der Waals surface area contributed by atoms with Gasteiger partial charge in [-0.25, -0.2) is 0 Å². The number of para-hydroxylation sites is 1. The molecule has 0 amide bonds. The Labute approximate surface area is 125 Å². The van der Waals surface area contributed by atoms with Crippen LogP contribution in [0, 0.1) is 10.1 Å². The first-order valence-corrected chi connectivity index (χ1v) is 7.61. The fourth-order valence-corrected chi connectivity index (χ4v) is 3.14. The maximum Gasteiger partial charge on any atom is 0.272 e. The van der Waals surface area contributed by atoms with Crippen LogP contribution in [-0.4, -0.2) is 30.2 Å². The minimum atomic E-state index is -0.298. The van der Waals surface area contributed by atoms with Crippen LogP contribution in [0.3, 0.4) is 0 Å². The Balaban J connectivity index is 2.11. The molecule has 2 rings (SSSR count). The van der Waals surface area contributed by atoms with E-state index >= 15 is 0 Å². The standard InChI is InChI=1S/C16H24N2O3/c1-3-17-14(12-16(21-2)9-6-10-16)11-13-7-4-5-8-15(13)18(19)20/h4-5,7-8,14,17H,3,6,9-12H2,1-2H3. The quantitative estimate of drug-likeness (QED) is 0.591. The predicted molar refractivity (Wildman–Crippen MR) is 82.5 cm³/mol. The topological polar surface area (TPSA) is 64.4 Å². The third-order valence-corrected chi connectivity index (χ3v) is 4.46. The van der Waals surface area contributed by atoms with Crippen molar-refractivity contribution in [3.63, 3.8) is 0 Å². The maximum atomic E-state index is 11.1. The molecule has 21 heavy (non-hydrogen) atoms. The Kier molecular flexibility index (Phi) is 5.31. The number of methoxy groups -OCH3 is 1. The molecule has 0 aliphatic heterocycles. The van der Waals surface area contributed by atoms with Crippen LogP contribution >= 0.6 is 0 Å². The summed E-state index contributed by atoms with van der Waals surface area (Å²) < 4.78 is 5.69. The second-order valence-corrected chi connectivity index (χ2v) is 5.79. The zero-order chi connectivity index (χ0) is 15.3. The first kappa shape index (κ1) is 15.9. The van der Waals surface area contributed by atoms with Crippen LogP contribution in [0.4, 0.5) is 5.69 Å². The van der Waals surface area contributed by atoms with Crippen molar-refractivity contribution in [2.75, 3.05) is 13.7 Å². The van der Waals surface area contributed by atoms with Crippen LogP contribution in [-0.2, 0) is 11.2 Å². The number of rotatable bonds is 8. The van der Waals surface area contributed by atoms with Crippen molar-refractivity contribution in [3.05, 3.63) is 39.9 Å². The van der Waals surface area contributed by atoms with Crippen molar-refractivity contribution in [1.29, 1.82) is 0 Å². The van der Waals surface area contributed by atoms with Gasteiger partial charge in [-0.3, -0.25) is 10.1 Å². The molecule has 0 saturated heterocycles. The largest absolute Gasteiger partial charge is 0.378 e. The fourth-order valence-electron chi connectivity index (χ4n) is 3.14. The molecule has 1 unspecified atom stereocenters. The molecule has 1 aromatic rings. The van der Waals surface area contributed by atoms with E-state index in [-0.39, 0.29) is 22.3 Å². The lowest BCUT2D eigenvalue weighted by molar-refractivity contribution is -0.385. The van der Waals surface area contributed by atoms with E-state index in [2.05, 4.69) is 12.2 Å². The highest BCUT2D eigenvalue weighted by atomic mass is 16.6. The molecule has 0 radical (unpaired) electrons. The number of hydrogen-bond acceptors (Lipinski definition) is 4. The lowest BCUT2D eigenvalue weighted by atomic mass is 9.75. The molecule has 0 spiro atoms. The highest BCUT2D eigenvalue weighted by Gasteiger charge is 2.39. The van der Waals surface area contributed by atoms with E-state index in [1.807, 2.05) is 12.1 Å². The van der Waals surface area contributed by atoms with Crippen molar-refractivity contribution < 1.29 is 9.66 Å². The van der Waals surface area contributed by atoms with E-state index in [4.69, 9.17) is 4.74 Å². The summed E-state index contributed by atoms with van der Waals surface area (Å²) in [7, 11) is 1.77. The molecular formula is C16H24N2O3. The third kappa shape index (κ3) is 3.80. The summed E-state index contributed by atoms with van der Waals surface area (Å²) >= 11 is 0. The van der Waals surface area contributed by atoms with Crippen molar-refractivity contribution in [3.8, 4) is 0 Å². The smallest absolute Gasteiger partial charge is 0.272 e. The molecule has 0 bridgehead atoms. The molecule has 1 saturated carbocycles. The van der Waals surface area contributed by atoms with E-state index < -0.39 is 0 Å². The minimum Gasteiger partial charge on any atom is -0.378 e. The summed E-state index contributed by atoms with van der Waals surface area (Å²) in [5.74, 6) is 0. The normalized spacial score (nSPS) is 18.0. The van der Waals surface area contributed by atoms with Gasteiger partial charge >= 0.3 is 0 Å². The van der Waals surface area contributed by atoms with E-state index in [0.29, 0.717) is 6.42 Å². The summed E-state index contributed by atoms with van der Waals surface area (Å²) in [6.07, 6.45) is 4.95. The van der Waals surface area contributed by atoms with E-state index in [1.165, 1.54) is 6.42 Å². The highest BCUT2D eigenvalue weighted by Crippen LogP contribution is 2.39. The lowest BCUT2D eigenvalue weighted by Gasteiger charge is -2.43. The molecule has 1 atom stereocenters. The number of nitrogens with one attached hydrogen (secondary N) is 1. The fraction of sp³-hybridized carbons (Fsp3) is 0.625. The Morgan fingerprint density at radius 1 is 1.43 bits per heavy atom. The highest BCUT2D eigenvalue weighted by molar-refractivity contribution is 5.40. The van der Waals surface area contributed by atoms with Crippen LogP contribution < -0.4 is 5.32 Å². The minimum absolute atomic E-state index is 0.0314. The first-order chi connectivity index (χ1) is 10.1. The van der Waals surface area contributed by atoms with E-state index in [1.54, 1.807) is 19.2 Å². The van der Waals surface area contributed by atoms with Gasteiger partial charge in [0.2, 0.25) is 0 Å². The van der Waals surface area contributed by atoms with Gasteiger partial charge in [-0.1, -0.05) is 25.1 Å². The van der Waals surface area contributed by atoms with Gasteiger partial charge in [-0.05, 0) is 38.6 Å². The molecular weight excluding hydrogens is 268 g/mol. The average molecular weight is 292 g/mol. The molecule has 1 N–H and O–H groups in total. The zero-order valence-electron chi connectivity index (χ0n) is 12.8. The SMILES string of the molecule is CCNC(Cc1ccccc1[N+](=O)[O-])CC1(OC)CCC1. The molecule has 0 aromatic heterocycles. The number of nitro benzene ring substituents is 1. The van der Waals surface area contributed by atoms with Gasteiger partial charge < -0.3 is 10.1 Å². The second-order valence-electron chi connectivity index (χ2n) is 5.79.